The molecule has 2 aromatic carbocycles. The van der Waals surface area contributed by atoms with Gasteiger partial charge in [0.15, 0.2) is 11.5 Å². The van der Waals surface area contributed by atoms with Crippen LogP contribution in [0.5, 0.6) is 11.5 Å². The number of hydrogen-bond donors (Lipinski definition) is 3. The highest BCUT2D eigenvalue weighted by Crippen LogP contribution is 2.65. The molecule has 2 aliphatic heterocycles. The van der Waals surface area contributed by atoms with Crippen LogP contribution in [0.4, 0.5) is 0 Å². The van der Waals surface area contributed by atoms with Crippen molar-refractivity contribution in [3.63, 3.8) is 0 Å². The zero-order chi connectivity index (χ0) is 19.8. The van der Waals surface area contributed by atoms with E-state index in [1.807, 2.05) is 12.1 Å². The maximum Gasteiger partial charge on any atom is 0.165 e. The number of rotatable bonds is 3. The van der Waals surface area contributed by atoms with Gasteiger partial charge < -0.3 is 25.2 Å². The lowest BCUT2D eigenvalue weighted by molar-refractivity contribution is -0.187. The maximum absolute atomic E-state index is 12.1. The van der Waals surface area contributed by atoms with Crippen LogP contribution in [0.15, 0.2) is 42.5 Å². The summed E-state index contributed by atoms with van der Waals surface area (Å²) in [5.41, 5.74) is 2.29. The summed E-state index contributed by atoms with van der Waals surface area (Å²) in [7, 11) is 2.13. The van der Waals surface area contributed by atoms with Gasteiger partial charge in [-0.15, -0.1) is 0 Å². The molecule has 3 N–H and O–H groups in total. The van der Waals surface area contributed by atoms with Crippen molar-refractivity contribution in [2.24, 2.45) is 0 Å². The lowest BCUT2D eigenvalue weighted by Gasteiger charge is -2.63. The number of benzene rings is 2. The maximum atomic E-state index is 12.1. The van der Waals surface area contributed by atoms with Crippen molar-refractivity contribution in [1.82, 2.24) is 10.2 Å². The minimum Gasteiger partial charge on any atom is -0.504 e. The van der Waals surface area contributed by atoms with Gasteiger partial charge in [-0.25, -0.2) is 0 Å². The minimum atomic E-state index is -0.818. The largest absolute Gasteiger partial charge is 0.504 e. The van der Waals surface area contributed by atoms with Gasteiger partial charge in [0.05, 0.1) is 11.0 Å². The zero-order valence-electron chi connectivity index (χ0n) is 16.8. The Bertz CT molecular complexity index is 964. The molecule has 152 valence electrons. The lowest BCUT2D eigenvalue weighted by Crippen LogP contribution is -2.77. The second kappa shape index (κ2) is 5.97. The molecule has 5 nitrogen and oxygen atoms in total. The Kier molecular flexibility index (Phi) is 3.65. The normalized spacial score (nSPS) is 37.1. The van der Waals surface area contributed by atoms with Crippen molar-refractivity contribution in [3.8, 4) is 11.5 Å². The van der Waals surface area contributed by atoms with E-state index in [9.17, 15) is 10.2 Å². The first-order chi connectivity index (χ1) is 14.0. The molecule has 5 atom stereocenters. The van der Waals surface area contributed by atoms with E-state index in [1.165, 1.54) is 11.1 Å². The predicted molar refractivity (Wildman–Crippen MR) is 110 cm³/mol. The van der Waals surface area contributed by atoms with Gasteiger partial charge in [0.1, 0.15) is 6.10 Å². The molecule has 1 unspecified atom stereocenters. The number of hydrogen-bond acceptors (Lipinski definition) is 5. The van der Waals surface area contributed by atoms with Crippen molar-refractivity contribution in [1.29, 1.82) is 0 Å². The number of piperidine rings is 1. The van der Waals surface area contributed by atoms with E-state index in [1.54, 1.807) is 6.07 Å². The third kappa shape index (κ3) is 2.16. The van der Waals surface area contributed by atoms with Gasteiger partial charge in [0, 0.05) is 24.2 Å². The van der Waals surface area contributed by atoms with E-state index >= 15 is 0 Å². The molecule has 2 heterocycles. The Morgan fingerprint density at radius 3 is 2.83 bits per heavy atom. The van der Waals surface area contributed by atoms with Crippen LogP contribution in [0.25, 0.3) is 0 Å². The van der Waals surface area contributed by atoms with Crippen LogP contribution in [0.3, 0.4) is 0 Å². The van der Waals surface area contributed by atoms with E-state index in [0.717, 1.165) is 44.3 Å². The first-order valence-corrected chi connectivity index (χ1v) is 10.8. The molecular weight excluding hydrogens is 364 g/mol. The van der Waals surface area contributed by atoms with Gasteiger partial charge in [-0.1, -0.05) is 36.4 Å². The molecule has 2 bridgehead atoms. The summed E-state index contributed by atoms with van der Waals surface area (Å²) in [6.07, 6.45) is 3.13. The smallest absolute Gasteiger partial charge is 0.165 e. The fraction of sp³-hybridized carbons (Fsp3) is 0.500. The quantitative estimate of drug-likeness (QED) is 0.748. The number of likely N-dealkylation sites (tertiary alicyclic amines) is 1. The second-order valence-electron chi connectivity index (χ2n) is 9.34. The summed E-state index contributed by atoms with van der Waals surface area (Å²) in [5, 5.41) is 26.5. The molecule has 5 heteroatoms. The average Bonchev–Trinajstić information content (AvgIpc) is 3.08. The fourth-order valence-electron chi connectivity index (χ4n) is 6.81. The molecule has 2 fully saturated rings. The molecule has 0 amide bonds. The lowest BCUT2D eigenvalue weighted by atomic mass is 9.48. The highest BCUT2D eigenvalue weighted by Gasteiger charge is 2.72. The summed E-state index contributed by atoms with van der Waals surface area (Å²) in [5.74, 6) is 0.816. The third-order valence-corrected chi connectivity index (χ3v) is 8.14. The van der Waals surface area contributed by atoms with E-state index in [4.69, 9.17) is 4.74 Å². The number of likely N-dealkylation sites (N-methyl/N-ethyl adjacent to an activating group) is 1. The van der Waals surface area contributed by atoms with Crippen molar-refractivity contribution in [2.45, 2.75) is 61.4 Å². The summed E-state index contributed by atoms with van der Waals surface area (Å²) < 4.78 is 6.52. The van der Waals surface area contributed by atoms with Crippen LogP contribution < -0.4 is 10.1 Å². The van der Waals surface area contributed by atoms with Gasteiger partial charge in [-0.05, 0) is 56.5 Å². The Morgan fingerprint density at radius 2 is 2.00 bits per heavy atom. The molecule has 2 aliphatic carbocycles. The average molecular weight is 392 g/mol. The molecule has 1 saturated carbocycles. The Labute approximate surface area is 171 Å². The number of aromatic hydroxyl groups is 1. The van der Waals surface area contributed by atoms with Crippen LogP contribution in [-0.2, 0) is 18.4 Å². The number of nitrogens with one attached hydrogen (secondary N) is 1. The molecule has 1 spiro atoms. The van der Waals surface area contributed by atoms with Crippen molar-refractivity contribution < 1.29 is 14.9 Å². The monoisotopic (exact) mass is 392 g/mol. The summed E-state index contributed by atoms with van der Waals surface area (Å²) in [4.78, 5) is 2.33. The van der Waals surface area contributed by atoms with Crippen molar-refractivity contribution in [3.05, 3.63) is 59.2 Å². The Hall–Kier alpha value is -2.08. The van der Waals surface area contributed by atoms with Gasteiger partial charge in [-0.3, -0.25) is 0 Å². The molecule has 29 heavy (non-hydrogen) atoms. The summed E-state index contributed by atoms with van der Waals surface area (Å²) in [6, 6.07) is 14.4. The number of phenols is 1. The van der Waals surface area contributed by atoms with Crippen molar-refractivity contribution in [2.75, 3.05) is 13.6 Å². The van der Waals surface area contributed by atoms with Crippen LogP contribution in [-0.4, -0.2) is 52.5 Å². The first kappa shape index (κ1) is 17.8. The first-order valence-electron chi connectivity index (χ1n) is 10.8. The van der Waals surface area contributed by atoms with Gasteiger partial charge in [0.2, 0.25) is 0 Å². The Balaban J connectivity index is 1.44. The summed E-state index contributed by atoms with van der Waals surface area (Å²) in [6.45, 7) is 1.71. The number of nitrogens with zero attached hydrogens (tertiary/aromatic N) is 1. The van der Waals surface area contributed by atoms with E-state index in [2.05, 4.69) is 41.5 Å². The molecule has 0 radical (unpaired) electrons. The van der Waals surface area contributed by atoms with Crippen LogP contribution in [0, 0.1) is 0 Å². The van der Waals surface area contributed by atoms with E-state index < -0.39 is 11.0 Å². The molecule has 4 aliphatic rings. The number of phenolic OH excluding ortho intramolecular Hbond substituents is 1. The molecule has 0 aromatic heterocycles. The zero-order valence-corrected chi connectivity index (χ0v) is 16.8. The third-order valence-electron chi connectivity index (χ3n) is 8.14. The molecule has 6 rings (SSSR count). The van der Waals surface area contributed by atoms with Crippen LogP contribution in [0.2, 0.25) is 0 Å². The highest BCUT2D eigenvalue weighted by molar-refractivity contribution is 5.62. The summed E-state index contributed by atoms with van der Waals surface area (Å²) >= 11 is 0. The van der Waals surface area contributed by atoms with Crippen LogP contribution >= 0.6 is 0 Å². The molecular formula is C24H28N2O3. The SMILES string of the molecule is CN1CCC23c4c5ccc(O)c4O[C@H]2[C@@H](NCc2ccccc2)CC[C@@]3(O)[C@H]1C5. The number of aliphatic hydroxyl groups is 1. The standard InChI is InChI=1S/C24H28N2O3/c1-26-12-11-23-20-16-7-8-18(27)21(20)29-22(23)17(9-10-24(23,28)19(26)13-16)25-14-15-5-3-2-4-6-15/h2-8,17,19,22,25,27-28H,9-14H2,1H3/t17-,19+,22-,23?,24+/m0/s1. The highest BCUT2D eigenvalue weighted by atomic mass is 16.5. The second-order valence-corrected chi connectivity index (χ2v) is 9.34. The van der Waals surface area contributed by atoms with Crippen LogP contribution in [0.1, 0.15) is 36.0 Å². The Morgan fingerprint density at radius 1 is 1.17 bits per heavy atom. The van der Waals surface area contributed by atoms with Gasteiger partial charge in [0.25, 0.3) is 0 Å². The predicted octanol–water partition coefficient (Wildman–Crippen LogP) is 2.33. The van der Waals surface area contributed by atoms with E-state index in [0.29, 0.717) is 5.75 Å². The molecule has 1 saturated heterocycles. The van der Waals surface area contributed by atoms with Gasteiger partial charge in [-0.2, -0.15) is 0 Å². The van der Waals surface area contributed by atoms with Gasteiger partial charge >= 0.3 is 0 Å². The van der Waals surface area contributed by atoms with E-state index in [-0.39, 0.29) is 23.9 Å². The van der Waals surface area contributed by atoms with Crippen molar-refractivity contribution >= 4 is 0 Å². The molecule has 2 aromatic rings. The number of ether oxygens (including phenoxy) is 1. The minimum absolute atomic E-state index is 0.0976. The fourth-order valence-corrected chi connectivity index (χ4v) is 6.81. The topological polar surface area (TPSA) is 65.0 Å².